The number of aromatic nitrogens is 1. The summed E-state index contributed by atoms with van der Waals surface area (Å²) in [5, 5.41) is 0.717. The Bertz CT molecular complexity index is 218. The molecule has 0 aliphatic heterocycles. The van der Waals surface area contributed by atoms with E-state index in [1.165, 1.54) is 19.3 Å². The highest BCUT2D eigenvalue weighted by molar-refractivity contribution is 6.30. The van der Waals surface area contributed by atoms with Crippen LogP contribution in [0.4, 0.5) is 0 Å². The summed E-state index contributed by atoms with van der Waals surface area (Å²) in [6.07, 6.45) is 6.55. The van der Waals surface area contributed by atoms with Crippen molar-refractivity contribution in [3.63, 3.8) is 0 Å². The van der Waals surface area contributed by atoms with Gasteiger partial charge in [-0.15, -0.1) is 0 Å². The van der Waals surface area contributed by atoms with E-state index >= 15 is 0 Å². The van der Waals surface area contributed by atoms with Gasteiger partial charge in [-0.1, -0.05) is 31.4 Å². The first-order valence-corrected chi connectivity index (χ1v) is 4.81. The molecule has 0 amide bonds. The van der Waals surface area contributed by atoms with Gasteiger partial charge in [-0.25, -0.2) is 0 Å². The van der Waals surface area contributed by atoms with E-state index < -0.39 is 0 Å². The summed E-state index contributed by atoms with van der Waals surface area (Å²) in [7, 11) is 0. The molecule has 0 N–H and O–H groups in total. The molecular weight excluding hydrogens is 170 g/mol. The summed E-state index contributed by atoms with van der Waals surface area (Å²) in [4.78, 5) is 4.22. The number of hydrogen-bond acceptors (Lipinski definition) is 1. The number of unbranched alkanes of at least 4 members (excludes halogenated alkanes) is 2. The Balaban J connectivity index is 2.37. The second kappa shape index (κ2) is 5.15. The largest absolute Gasteiger partial charge is 0.260 e. The zero-order valence-electron chi connectivity index (χ0n) is 7.39. The van der Waals surface area contributed by atoms with E-state index in [9.17, 15) is 0 Å². The second-order valence-corrected chi connectivity index (χ2v) is 3.36. The molecule has 1 rings (SSSR count). The van der Waals surface area contributed by atoms with Crippen LogP contribution < -0.4 is 0 Å². The highest BCUT2D eigenvalue weighted by atomic mass is 35.5. The van der Waals surface area contributed by atoms with Gasteiger partial charge < -0.3 is 0 Å². The number of nitrogens with zero attached hydrogens (tertiary/aromatic N) is 1. The molecule has 0 aliphatic carbocycles. The van der Waals surface area contributed by atoms with Gasteiger partial charge in [0.15, 0.2) is 0 Å². The van der Waals surface area contributed by atoms with Gasteiger partial charge in [0.05, 0.1) is 5.02 Å². The molecular formula is C10H14ClN. The van der Waals surface area contributed by atoms with Gasteiger partial charge in [0.1, 0.15) is 0 Å². The average molecular weight is 184 g/mol. The Kier molecular flexibility index (Phi) is 4.09. The molecule has 1 aromatic heterocycles. The maximum atomic E-state index is 5.71. The lowest BCUT2D eigenvalue weighted by Gasteiger charge is -1.98. The fraction of sp³-hybridized carbons (Fsp3) is 0.500. The summed E-state index contributed by atoms with van der Waals surface area (Å²) >= 11 is 5.71. The number of pyridine rings is 1. The molecule has 0 saturated heterocycles. The van der Waals surface area contributed by atoms with Gasteiger partial charge in [-0.3, -0.25) is 4.98 Å². The Morgan fingerprint density at radius 1 is 1.33 bits per heavy atom. The molecule has 0 radical (unpaired) electrons. The van der Waals surface area contributed by atoms with Gasteiger partial charge in [-0.05, 0) is 25.0 Å². The lowest BCUT2D eigenvalue weighted by molar-refractivity contribution is 0.707. The molecule has 66 valence electrons. The zero-order valence-corrected chi connectivity index (χ0v) is 8.14. The molecule has 1 nitrogen and oxygen atoms in total. The lowest BCUT2D eigenvalue weighted by atomic mass is 10.1. The fourth-order valence-electron chi connectivity index (χ4n) is 1.11. The third-order valence-corrected chi connectivity index (χ3v) is 2.05. The summed E-state index contributed by atoms with van der Waals surface area (Å²) in [5.74, 6) is 0. The van der Waals surface area contributed by atoms with Crippen molar-refractivity contribution in [3.8, 4) is 0 Å². The van der Waals surface area contributed by atoms with Crippen molar-refractivity contribution in [2.45, 2.75) is 32.6 Å². The molecule has 0 spiro atoms. The fourth-order valence-corrected chi connectivity index (χ4v) is 1.22. The van der Waals surface area contributed by atoms with Crippen LogP contribution in [0.1, 0.15) is 31.9 Å². The Hall–Kier alpha value is -0.560. The molecule has 0 atom stereocenters. The van der Waals surface area contributed by atoms with Crippen molar-refractivity contribution < 1.29 is 0 Å². The van der Waals surface area contributed by atoms with Gasteiger partial charge in [-0.2, -0.15) is 0 Å². The van der Waals surface area contributed by atoms with Crippen molar-refractivity contribution in [2.24, 2.45) is 0 Å². The molecule has 12 heavy (non-hydrogen) atoms. The first-order chi connectivity index (χ1) is 5.83. The topological polar surface area (TPSA) is 12.9 Å². The van der Waals surface area contributed by atoms with Crippen LogP contribution >= 0.6 is 11.6 Å². The molecule has 0 fully saturated rings. The van der Waals surface area contributed by atoms with Gasteiger partial charge >= 0.3 is 0 Å². The first kappa shape index (κ1) is 9.53. The maximum absolute atomic E-state index is 5.71. The quantitative estimate of drug-likeness (QED) is 0.652. The Morgan fingerprint density at radius 3 is 2.75 bits per heavy atom. The summed E-state index contributed by atoms with van der Waals surface area (Å²) in [6.45, 7) is 2.20. The van der Waals surface area contributed by atoms with Crippen LogP contribution in [0.3, 0.4) is 0 Å². The van der Waals surface area contributed by atoms with E-state index in [1.54, 1.807) is 6.20 Å². The molecule has 0 aliphatic rings. The molecule has 0 unspecified atom stereocenters. The predicted molar refractivity (Wildman–Crippen MR) is 52.5 cm³/mol. The molecule has 2 heteroatoms. The van der Waals surface area contributed by atoms with Crippen LogP contribution in [0.15, 0.2) is 18.3 Å². The first-order valence-electron chi connectivity index (χ1n) is 4.43. The van der Waals surface area contributed by atoms with Crippen molar-refractivity contribution in [1.29, 1.82) is 0 Å². The molecule has 0 bridgehead atoms. The van der Waals surface area contributed by atoms with Crippen molar-refractivity contribution in [1.82, 2.24) is 4.98 Å². The minimum atomic E-state index is 0.717. The zero-order chi connectivity index (χ0) is 8.81. The standard InChI is InChI=1S/C10H14ClN/c1-2-3-4-5-10-7-6-9(11)8-12-10/h6-8H,2-5H2,1H3. The Labute approximate surface area is 78.8 Å². The number of aryl methyl sites for hydroxylation is 1. The van der Waals surface area contributed by atoms with Crippen LogP contribution in [0.25, 0.3) is 0 Å². The van der Waals surface area contributed by atoms with Crippen molar-refractivity contribution in [3.05, 3.63) is 29.0 Å². The van der Waals surface area contributed by atoms with E-state index in [4.69, 9.17) is 11.6 Å². The second-order valence-electron chi connectivity index (χ2n) is 2.92. The lowest BCUT2D eigenvalue weighted by Crippen LogP contribution is -1.88. The predicted octanol–water partition coefficient (Wildman–Crippen LogP) is 3.47. The summed E-state index contributed by atoms with van der Waals surface area (Å²) in [5.41, 5.74) is 1.15. The minimum absolute atomic E-state index is 0.717. The Morgan fingerprint density at radius 2 is 2.17 bits per heavy atom. The highest BCUT2D eigenvalue weighted by Crippen LogP contribution is 2.08. The van der Waals surface area contributed by atoms with Crippen LogP contribution in [0.5, 0.6) is 0 Å². The van der Waals surface area contributed by atoms with E-state index in [0.29, 0.717) is 5.02 Å². The summed E-state index contributed by atoms with van der Waals surface area (Å²) in [6, 6.07) is 3.90. The van der Waals surface area contributed by atoms with E-state index in [0.717, 1.165) is 12.1 Å². The summed E-state index contributed by atoms with van der Waals surface area (Å²) < 4.78 is 0. The van der Waals surface area contributed by atoms with Crippen LogP contribution in [-0.4, -0.2) is 4.98 Å². The SMILES string of the molecule is CCCCCc1ccc(Cl)cn1. The third kappa shape index (κ3) is 3.22. The maximum Gasteiger partial charge on any atom is 0.0589 e. The van der Waals surface area contributed by atoms with E-state index in [1.807, 2.05) is 12.1 Å². The number of hydrogen-bond donors (Lipinski definition) is 0. The third-order valence-electron chi connectivity index (χ3n) is 1.83. The average Bonchev–Trinajstić information content (AvgIpc) is 2.09. The van der Waals surface area contributed by atoms with Crippen LogP contribution in [0, 0.1) is 0 Å². The van der Waals surface area contributed by atoms with Crippen molar-refractivity contribution in [2.75, 3.05) is 0 Å². The molecule has 1 heterocycles. The van der Waals surface area contributed by atoms with Gasteiger partial charge in [0.2, 0.25) is 0 Å². The number of rotatable bonds is 4. The van der Waals surface area contributed by atoms with Crippen molar-refractivity contribution >= 4 is 11.6 Å². The minimum Gasteiger partial charge on any atom is -0.260 e. The van der Waals surface area contributed by atoms with Gasteiger partial charge in [0.25, 0.3) is 0 Å². The van der Waals surface area contributed by atoms with E-state index in [-0.39, 0.29) is 0 Å². The highest BCUT2D eigenvalue weighted by Gasteiger charge is 1.93. The van der Waals surface area contributed by atoms with E-state index in [2.05, 4.69) is 11.9 Å². The van der Waals surface area contributed by atoms with Crippen LogP contribution in [0.2, 0.25) is 5.02 Å². The number of halogens is 1. The van der Waals surface area contributed by atoms with Crippen LogP contribution in [-0.2, 0) is 6.42 Å². The molecule has 0 aromatic carbocycles. The van der Waals surface area contributed by atoms with Gasteiger partial charge in [0, 0.05) is 11.9 Å². The molecule has 0 saturated carbocycles. The smallest absolute Gasteiger partial charge is 0.0589 e. The molecule has 1 aromatic rings. The normalized spacial score (nSPS) is 10.2. The monoisotopic (exact) mass is 183 g/mol.